The predicted octanol–water partition coefficient (Wildman–Crippen LogP) is 3.25. The molecule has 5 heteroatoms. The topological polar surface area (TPSA) is 68.3 Å². The fourth-order valence-corrected chi connectivity index (χ4v) is 2.55. The van der Waals surface area contributed by atoms with Gasteiger partial charge in [0.2, 0.25) is 0 Å². The van der Waals surface area contributed by atoms with Crippen molar-refractivity contribution in [1.82, 2.24) is 10.3 Å². The number of hydrogen-bond acceptors (Lipinski definition) is 4. The van der Waals surface area contributed by atoms with Crippen molar-refractivity contribution < 1.29 is 14.3 Å². The first-order chi connectivity index (χ1) is 12.7. The highest BCUT2D eigenvalue weighted by atomic mass is 16.5. The van der Waals surface area contributed by atoms with E-state index in [2.05, 4.69) is 10.3 Å². The first-order valence-electron chi connectivity index (χ1n) is 8.15. The number of methoxy groups -OCH3 is 1. The number of carbonyl (C=O) groups is 2. The third kappa shape index (κ3) is 3.95. The van der Waals surface area contributed by atoms with Crippen molar-refractivity contribution in [2.24, 2.45) is 0 Å². The lowest BCUT2D eigenvalue weighted by Crippen LogP contribution is -2.25. The van der Waals surface area contributed by atoms with Crippen LogP contribution in [0.2, 0.25) is 0 Å². The molecule has 0 aliphatic rings. The maximum absolute atomic E-state index is 12.8. The van der Waals surface area contributed by atoms with Gasteiger partial charge < -0.3 is 10.1 Å². The Kier molecular flexibility index (Phi) is 5.39. The van der Waals surface area contributed by atoms with Gasteiger partial charge in [0.1, 0.15) is 5.75 Å². The number of amides is 1. The van der Waals surface area contributed by atoms with E-state index in [1.807, 2.05) is 18.2 Å². The first kappa shape index (κ1) is 17.4. The number of ether oxygens (including phenoxy) is 1. The number of hydrogen-bond donors (Lipinski definition) is 1. The van der Waals surface area contributed by atoms with Gasteiger partial charge in [-0.3, -0.25) is 14.6 Å². The molecule has 0 saturated heterocycles. The van der Waals surface area contributed by atoms with Crippen LogP contribution < -0.4 is 10.1 Å². The van der Waals surface area contributed by atoms with Crippen LogP contribution in [0.5, 0.6) is 5.75 Å². The highest BCUT2D eigenvalue weighted by Crippen LogP contribution is 2.18. The Morgan fingerprint density at radius 2 is 1.62 bits per heavy atom. The van der Waals surface area contributed by atoms with Crippen LogP contribution in [0.25, 0.3) is 0 Å². The second-order valence-corrected chi connectivity index (χ2v) is 5.61. The molecule has 130 valence electrons. The molecule has 3 rings (SSSR count). The third-order valence-corrected chi connectivity index (χ3v) is 3.92. The first-order valence-corrected chi connectivity index (χ1v) is 8.15. The molecule has 0 aliphatic carbocycles. The van der Waals surface area contributed by atoms with E-state index in [4.69, 9.17) is 4.74 Å². The largest absolute Gasteiger partial charge is 0.497 e. The van der Waals surface area contributed by atoms with Gasteiger partial charge in [-0.05, 0) is 42.5 Å². The van der Waals surface area contributed by atoms with Gasteiger partial charge in [0.25, 0.3) is 5.91 Å². The van der Waals surface area contributed by atoms with E-state index >= 15 is 0 Å². The predicted molar refractivity (Wildman–Crippen MR) is 98.3 cm³/mol. The quantitative estimate of drug-likeness (QED) is 0.696. The molecule has 2 aromatic carbocycles. The lowest BCUT2D eigenvalue weighted by atomic mass is 9.98. The lowest BCUT2D eigenvalue weighted by molar-refractivity contribution is 0.0939. The minimum absolute atomic E-state index is 0.212. The van der Waals surface area contributed by atoms with E-state index in [0.29, 0.717) is 29.0 Å². The lowest BCUT2D eigenvalue weighted by Gasteiger charge is -2.10. The molecular formula is C21H18N2O3. The van der Waals surface area contributed by atoms with Crippen LogP contribution in [0.1, 0.15) is 32.0 Å². The smallest absolute Gasteiger partial charge is 0.252 e. The summed E-state index contributed by atoms with van der Waals surface area (Å²) in [5.41, 5.74) is 1.94. The number of pyridine rings is 1. The molecule has 1 amide bonds. The van der Waals surface area contributed by atoms with E-state index in [-0.39, 0.29) is 11.7 Å². The molecule has 3 aromatic rings. The average molecular weight is 346 g/mol. The molecule has 26 heavy (non-hydrogen) atoms. The van der Waals surface area contributed by atoms with Gasteiger partial charge in [-0.25, -0.2) is 0 Å². The fourth-order valence-electron chi connectivity index (χ4n) is 2.55. The Labute approximate surface area is 151 Å². The highest BCUT2D eigenvalue weighted by molar-refractivity contribution is 6.15. The van der Waals surface area contributed by atoms with Crippen molar-refractivity contribution in [1.29, 1.82) is 0 Å². The maximum Gasteiger partial charge on any atom is 0.252 e. The highest BCUT2D eigenvalue weighted by Gasteiger charge is 2.18. The zero-order valence-corrected chi connectivity index (χ0v) is 14.3. The van der Waals surface area contributed by atoms with Crippen molar-refractivity contribution in [2.45, 2.75) is 6.54 Å². The Hall–Kier alpha value is -3.47. The summed E-state index contributed by atoms with van der Waals surface area (Å²) in [7, 11) is 1.57. The van der Waals surface area contributed by atoms with Crippen LogP contribution in [0.3, 0.4) is 0 Å². The van der Waals surface area contributed by atoms with Crippen molar-refractivity contribution in [3.05, 3.63) is 95.3 Å². The Morgan fingerprint density at radius 1 is 0.923 bits per heavy atom. The number of rotatable bonds is 6. The van der Waals surface area contributed by atoms with E-state index in [0.717, 1.165) is 5.69 Å². The van der Waals surface area contributed by atoms with E-state index in [9.17, 15) is 9.59 Å². The minimum atomic E-state index is -0.312. The fraction of sp³-hybridized carbons (Fsp3) is 0.0952. The number of aromatic nitrogens is 1. The van der Waals surface area contributed by atoms with Gasteiger partial charge in [-0.15, -0.1) is 0 Å². The second-order valence-electron chi connectivity index (χ2n) is 5.61. The summed E-state index contributed by atoms with van der Waals surface area (Å²) < 4.78 is 5.11. The van der Waals surface area contributed by atoms with Crippen molar-refractivity contribution in [3.8, 4) is 5.75 Å². The molecule has 0 bridgehead atoms. The molecule has 0 aliphatic heterocycles. The van der Waals surface area contributed by atoms with Gasteiger partial charge >= 0.3 is 0 Å². The number of benzene rings is 2. The molecule has 5 nitrogen and oxygen atoms in total. The van der Waals surface area contributed by atoms with Crippen LogP contribution in [0.4, 0.5) is 0 Å². The number of nitrogens with zero attached hydrogens (tertiary/aromatic N) is 1. The molecule has 1 N–H and O–H groups in total. The van der Waals surface area contributed by atoms with Crippen LogP contribution in [-0.2, 0) is 6.54 Å². The number of ketones is 1. The van der Waals surface area contributed by atoms with Crippen molar-refractivity contribution in [3.63, 3.8) is 0 Å². The van der Waals surface area contributed by atoms with Gasteiger partial charge in [-0.1, -0.05) is 24.3 Å². The second kappa shape index (κ2) is 8.07. The molecule has 0 unspecified atom stereocenters. The summed E-state index contributed by atoms with van der Waals surface area (Å²) in [6.45, 7) is 0.296. The normalized spacial score (nSPS) is 10.2. The molecule has 0 radical (unpaired) electrons. The zero-order valence-electron chi connectivity index (χ0n) is 14.3. The van der Waals surface area contributed by atoms with Crippen molar-refractivity contribution >= 4 is 11.7 Å². The molecule has 1 heterocycles. The Balaban J connectivity index is 1.80. The summed E-state index contributed by atoms with van der Waals surface area (Å²) in [4.78, 5) is 29.5. The average Bonchev–Trinajstić information content (AvgIpc) is 2.72. The Morgan fingerprint density at radius 3 is 2.27 bits per heavy atom. The van der Waals surface area contributed by atoms with E-state index in [1.54, 1.807) is 61.8 Å². The van der Waals surface area contributed by atoms with Gasteiger partial charge in [0, 0.05) is 17.3 Å². The van der Waals surface area contributed by atoms with Gasteiger partial charge in [-0.2, -0.15) is 0 Å². The zero-order chi connectivity index (χ0) is 18.4. The summed E-state index contributed by atoms with van der Waals surface area (Å²) in [6, 6.07) is 19.1. The number of carbonyl (C=O) groups excluding carboxylic acids is 2. The molecule has 0 atom stereocenters. The van der Waals surface area contributed by atoms with Crippen molar-refractivity contribution in [2.75, 3.05) is 7.11 Å². The summed E-state index contributed by atoms with van der Waals surface area (Å²) in [6.07, 6.45) is 1.67. The Bertz CT molecular complexity index is 906. The van der Waals surface area contributed by atoms with E-state index < -0.39 is 0 Å². The molecule has 0 spiro atoms. The summed E-state index contributed by atoms with van der Waals surface area (Å²) in [5, 5.41) is 2.81. The minimum Gasteiger partial charge on any atom is -0.497 e. The summed E-state index contributed by atoms with van der Waals surface area (Å²) in [5.74, 6) is 0.146. The van der Waals surface area contributed by atoms with E-state index in [1.165, 1.54) is 0 Å². The summed E-state index contributed by atoms with van der Waals surface area (Å²) >= 11 is 0. The van der Waals surface area contributed by atoms with Crippen LogP contribution in [0.15, 0.2) is 72.9 Å². The van der Waals surface area contributed by atoms with Crippen LogP contribution >= 0.6 is 0 Å². The monoisotopic (exact) mass is 346 g/mol. The van der Waals surface area contributed by atoms with Gasteiger partial charge in [0.05, 0.1) is 24.9 Å². The maximum atomic E-state index is 12.8. The molecule has 1 aromatic heterocycles. The number of nitrogens with one attached hydrogen (secondary N) is 1. The molecular weight excluding hydrogens is 328 g/mol. The standard InChI is InChI=1S/C21H18N2O3/c1-26-17-11-9-15(10-12-17)20(24)18-7-2-3-8-19(18)21(25)23-14-16-6-4-5-13-22-16/h2-13H,14H2,1H3,(H,23,25). The van der Waals surface area contributed by atoms with Gasteiger partial charge in [0.15, 0.2) is 5.78 Å². The third-order valence-electron chi connectivity index (χ3n) is 3.92. The molecule has 0 fully saturated rings. The SMILES string of the molecule is COc1ccc(C(=O)c2ccccc2C(=O)NCc2ccccn2)cc1. The van der Waals surface area contributed by atoms with Crippen LogP contribution in [0, 0.1) is 0 Å². The molecule has 0 saturated carbocycles. The van der Waals surface area contributed by atoms with Crippen LogP contribution in [-0.4, -0.2) is 23.8 Å².